The van der Waals surface area contributed by atoms with Gasteiger partial charge in [-0.2, -0.15) is 11.8 Å². The van der Waals surface area contributed by atoms with Crippen molar-refractivity contribution in [3.8, 4) is 0 Å². The standard InChI is InChI=1S/C15H19N3OS/c1-10(2)20-9-12-4-6-13(7-5-12)17-15-16-11(3)8-14(19)18-15/h4-8,10H,9H2,1-3H3,(H2,16,17,18,19). The molecule has 0 amide bonds. The summed E-state index contributed by atoms with van der Waals surface area (Å²) in [5.41, 5.74) is 2.75. The summed E-state index contributed by atoms with van der Waals surface area (Å²) >= 11 is 1.92. The van der Waals surface area contributed by atoms with Crippen LogP contribution >= 0.6 is 11.8 Å². The molecule has 106 valence electrons. The van der Waals surface area contributed by atoms with Gasteiger partial charge < -0.3 is 5.32 Å². The lowest BCUT2D eigenvalue weighted by molar-refractivity contribution is 1.07. The normalized spacial score (nSPS) is 10.8. The molecule has 1 aromatic carbocycles. The molecule has 1 heterocycles. The number of anilines is 2. The highest BCUT2D eigenvalue weighted by atomic mass is 32.2. The highest BCUT2D eigenvalue weighted by Crippen LogP contribution is 2.19. The molecule has 0 atom stereocenters. The van der Waals surface area contributed by atoms with Gasteiger partial charge in [0.25, 0.3) is 5.56 Å². The zero-order valence-corrected chi connectivity index (χ0v) is 12.8. The fraction of sp³-hybridized carbons (Fsp3) is 0.333. The number of H-pyrrole nitrogens is 1. The molecule has 2 rings (SSSR count). The molecule has 0 bridgehead atoms. The Kier molecular flexibility index (Phi) is 4.84. The van der Waals surface area contributed by atoms with Crippen molar-refractivity contribution in [1.29, 1.82) is 0 Å². The third kappa shape index (κ3) is 4.42. The van der Waals surface area contributed by atoms with E-state index in [1.807, 2.05) is 23.9 Å². The number of hydrogen-bond donors (Lipinski definition) is 2. The van der Waals surface area contributed by atoms with Crippen molar-refractivity contribution in [1.82, 2.24) is 9.97 Å². The molecule has 1 aromatic heterocycles. The first-order valence-corrected chi connectivity index (χ1v) is 7.63. The molecule has 2 aromatic rings. The maximum Gasteiger partial charge on any atom is 0.252 e. The number of hydrogen-bond acceptors (Lipinski definition) is 4. The molecule has 0 aliphatic heterocycles. The maximum atomic E-state index is 11.4. The van der Waals surface area contributed by atoms with Gasteiger partial charge in [-0.05, 0) is 29.9 Å². The summed E-state index contributed by atoms with van der Waals surface area (Å²) in [6.07, 6.45) is 0. The van der Waals surface area contributed by atoms with Crippen LogP contribution in [0.4, 0.5) is 11.6 Å². The first-order chi connectivity index (χ1) is 9.52. The van der Waals surface area contributed by atoms with Crippen LogP contribution in [0.2, 0.25) is 0 Å². The second-order valence-corrected chi connectivity index (χ2v) is 6.48. The fourth-order valence-electron chi connectivity index (χ4n) is 1.72. The average molecular weight is 289 g/mol. The summed E-state index contributed by atoms with van der Waals surface area (Å²) in [5.74, 6) is 1.48. The molecule has 4 nitrogen and oxygen atoms in total. The Hall–Kier alpha value is -1.75. The molecule has 0 radical (unpaired) electrons. The summed E-state index contributed by atoms with van der Waals surface area (Å²) in [6, 6.07) is 9.64. The van der Waals surface area contributed by atoms with Crippen LogP contribution in [0, 0.1) is 6.92 Å². The maximum absolute atomic E-state index is 11.4. The van der Waals surface area contributed by atoms with E-state index in [1.165, 1.54) is 11.6 Å². The van der Waals surface area contributed by atoms with Gasteiger partial charge in [-0.15, -0.1) is 0 Å². The van der Waals surface area contributed by atoms with Crippen LogP contribution in [0.3, 0.4) is 0 Å². The second kappa shape index (κ2) is 6.61. The van der Waals surface area contributed by atoms with E-state index in [1.54, 1.807) is 6.92 Å². The number of rotatable bonds is 5. The monoisotopic (exact) mass is 289 g/mol. The Morgan fingerprint density at radius 2 is 2.00 bits per heavy atom. The van der Waals surface area contributed by atoms with Gasteiger partial charge in [-0.3, -0.25) is 9.78 Å². The molecule has 0 aliphatic carbocycles. The number of aromatic nitrogens is 2. The van der Waals surface area contributed by atoms with Gasteiger partial charge >= 0.3 is 0 Å². The molecular formula is C15H19N3OS. The molecular weight excluding hydrogens is 270 g/mol. The van der Waals surface area contributed by atoms with Gasteiger partial charge in [0.1, 0.15) is 0 Å². The van der Waals surface area contributed by atoms with Crippen molar-refractivity contribution >= 4 is 23.4 Å². The topological polar surface area (TPSA) is 57.8 Å². The fourth-order valence-corrected chi connectivity index (χ4v) is 2.44. The second-order valence-electron chi connectivity index (χ2n) is 4.92. The molecule has 20 heavy (non-hydrogen) atoms. The van der Waals surface area contributed by atoms with Crippen molar-refractivity contribution in [2.24, 2.45) is 0 Å². The van der Waals surface area contributed by atoms with E-state index in [-0.39, 0.29) is 5.56 Å². The van der Waals surface area contributed by atoms with Crippen LogP contribution in [0.1, 0.15) is 25.1 Å². The number of aryl methyl sites for hydroxylation is 1. The van der Waals surface area contributed by atoms with E-state index in [2.05, 4.69) is 41.3 Å². The van der Waals surface area contributed by atoms with Crippen LogP contribution in [0.25, 0.3) is 0 Å². The molecule has 0 saturated carbocycles. The highest BCUT2D eigenvalue weighted by molar-refractivity contribution is 7.99. The summed E-state index contributed by atoms with van der Waals surface area (Å²) in [7, 11) is 0. The lowest BCUT2D eigenvalue weighted by atomic mass is 10.2. The van der Waals surface area contributed by atoms with Gasteiger partial charge in [0.05, 0.1) is 0 Å². The zero-order valence-electron chi connectivity index (χ0n) is 11.9. The van der Waals surface area contributed by atoms with Crippen LogP contribution in [0.5, 0.6) is 0 Å². The van der Waals surface area contributed by atoms with Crippen molar-refractivity contribution in [2.45, 2.75) is 31.8 Å². The Morgan fingerprint density at radius 1 is 1.30 bits per heavy atom. The molecule has 0 aliphatic rings. The lowest BCUT2D eigenvalue weighted by Crippen LogP contribution is -2.10. The summed E-state index contributed by atoms with van der Waals surface area (Å²) < 4.78 is 0. The van der Waals surface area contributed by atoms with Crippen LogP contribution in [-0.4, -0.2) is 15.2 Å². The largest absolute Gasteiger partial charge is 0.326 e. The number of nitrogens with one attached hydrogen (secondary N) is 2. The van der Waals surface area contributed by atoms with Crippen molar-refractivity contribution < 1.29 is 0 Å². The lowest BCUT2D eigenvalue weighted by Gasteiger charge is -2.08. The van der Waals surface area contributed by atoms with Crippen molar-refractivity contribution in [2.75, 3.05) is 5.32 Å². The molecule has 5 heteroatoms. The average Bonchev–Trinajstić information content (AvgIpc) is 2.36. The Labute approximate surface area is 123 Å². The van der Waals surface area contributed by atoms with E-state index in [9.17, 15) is 4.79 Å². The summed E-state index contributed by atoms with van der Waals surface area (Å²) in [4.78, 5) is 18.3. The molecule has 2 N–H and O–H groups in total. The van der Waals surface area contributed by atoms with Gasteiger partial charge in [-0.25, -0.2) is 4.98 Å². The van der Waals surface area contributed by atoms with Gasteiger partial charge in [0.2, 0.25) is 5.95 Å². The highest BCUT2D eigenvalue weighted by Gasteiger charge is 2.01. The molecule has 0 fully saturated rings. The predicted octanol–water partition coefficient (Wildman–Crippen LogP) is 3.46. The van der Waals surface area contributed by atoms with Crippen molar-refractivity contribution in [3.05, 3.63) is 51.9 Å². The van der Waals surface area contributed by atoms with Crippen LogP contribution in [-0.2, 0) is 5.75 Å². The first-order valence-electron chi connectivity index (χ1n) is 6.58. The van der Waals surface area contributed by atoms with E-state index >= 15 is 0 Å². The molecule has 0 unspecified atom stereocenters. The molecule has 0 spiro atoms. The quantitative estimate of drug-likeness (QED) is 0.885. The van der Waals surface area contributed by atoms with Crippen LogP contribution < -0.4 is 10.9 Å². The number of nitrogens with zero attached hydrogens (tertiary/aromatic N) is 1. The third-order valence-corrected chi connectivity index (χ3v) is 3.84. The van der Waals surface area contributed by atoms with Crippen molar-refractivity contribution in [3.63, 3.8) is 0 Å². The van der Waals surface area contributed by atoms with Gasteiger partial charge in [0.15, 0.2) is 0 Å². The van der Waals surface area contributed by atoms with Gasteiger partial charge in [-0.1, -0.05) is 26.0 Å². The van der Waals surface area contributed by atoms with E-state index in [4.69, 9.17) is 0 Å². The minimum absolute atomic E-state index is 0.148. The summed E-state index contributed by atoms with van der Waals surface area (Å²) in [6.45, 7) is 6.19. The Bertz CT molecular complexity index is 620. The Balaban J connectivity index is 2.05. The SMILES string of the molecule is Cc1cc(=O)[nH]c(Nc2ccc(CSC(C)C)cc2)n1. The smallest absolute Gasteiger partial charge is 0.252 e. The molecule has 0 saturated heterocycles. The Morgan fingerprint density at radius 3 is 2.60 bits per heavy atom. The summed E-state index contributed by atoms with van der Waals surface area (Å²) in [5, 5.41) is 3.74. The first kappa shape index (κ1) is 14.7. The van der Waals surface area contributed by atoms with Crippen LogP contribution in [0.15, 0.2) is 35.1 Å². The van der Waals surface area contributed by atoms with E-state index in [0.717, 1.165) is 11.4 Å². The van der Waals surface area contributed by atoms with E-state index in [0.29, 0.717) is 16.9 Å². The van der Waals surface area contributed by atoms with Gasteiger partial charge in [0, 0.05) is 23.2 Å². The number of aromatic amines is 1. The number of benzene rings is 1. The van der Waals surface area contributed by atoms with E-state index < -0.39 is 0 Å². The minimum atomic E-state index is -0.148. The minimum Gasteiger partial charge on any atom is -0.326 e. The predicted molar refractivity (Wildman–Crippen MR) is 85.8 cm³/mol. The number of thioether (sulfide) groups is 1. The zero-order chi connectivity index (χ0) is 14.5. The third-order valence-electron chi connectivity index (χ3n) is 2.67.